The summed E-state index contributed by atoms with van der Waals surface area (Å²) >= 11 is 15.4. The SMILES string of the molecule is COc1ccc(Cl)cc1-c1c(CCO)c(=O)[nH]c2ccc(C(F)(F)F)cc12.COc1ccc(Cl)cc1[C@]1(F)C(=O)Nc2cc(C(F)(F)F)ccc21.O=C(O)c1cccc2c1[nH]c1c3cc(Br)ccc3oc21. The van der Waals surface area contributed by atoms with Crippen LogP contribution in [0.15, 0.2) is 123 Å². The standard InChI is InChI=1S/C19H15ClF3NO3.C16H10ClF4NO2.C15H8BrNO3/c1-27-16-5-3-11(20)9-14(16)17-12(6-7-25)18(26)24-15-4-2-10(8-13(15)17)19(21,22)23;1-24-13-5-3-9(17)7-11(13)15(18)10-4-2-8(16(19,20)21)6-12(10)22-14(15)23;16-7-4-5-11-10(6-7)13-14(20-11)8-2-1-3-9(15(18)19)12(8)17-13/h2-5,8-9,25H,6-7H2,1H3,(H,24,26);2-7H,1H3,(H,22,23);1-6,17H,(H,18,19)/t;15-;/m.0./s1. The van der Waals surface area contributed by atoms with Crippen molar-refractivity contribution in [3.8, 4) is 22.6 Å². The van der Waals surface area contributed by atoms with E-state index in [4.69, 9.17) is 37.1 Å². The number of furan rings is 1. The second-order valence-electron chi connectivity index (χ2n) is 15.7. The Labute approximate surface area is 413 Å². The van der Waals surface area contributed by atoms with Crippen LogP contribution in [-0.4, -0.2) is 52.9 Å². The van der Waals surface area contributed by atoms with E-state index in [1.165, 1.54) is 44.6 Å². The number of anilines is 1. The number of H-pyrrole nitrogens is 2. The zero-order valence-corrected chi connectivity index (χ0v) is 39.5. The first-order valence-corrected chi connectivity index (χ1v) is 22.3. The maximum Gasteiger partial charge on any atom is 0.416 e. The van der Waals surface area contributed by atoms with E-state index in [0.29, 0.717) is 33.5 Å². The van der Waals surface area contributed by atoms with Crippen LogP contribution in [-0.2, 0) is 29.2 Å². The molecule has 4 heterocycles. The molecule has 21 heteroatoms. The lowest BCUT2D eigenvalue weighted by Crippen LogP contribution is -2.31. The van der Waals surface area contributed by atoms with Crippen molar-refractivity contribution in [2.24, 2.45) is 0 Å². The predicted molar refractivity (Wildman–Crippen MR) is 258 cm³/mol. The van der Waals surface area contributed by atoms with Gasteiger partial charge in [-0.15, -0.1) is 0 Å². The number of carboxylic acids is 1. The molecule has 11 nitrogen and oxygen atoms in total. The highest BCUT2D eigenvalue weighted by molar-refractivity contribution is 9.10. The second-order valence-corrected chi connectivity index (χ2v) is 17.5. The van der Waals surface area contributed by atoms with Crippen molar-refractivity contribution in [3.63, 3.8) is 0 Å². The number of aliphatic hydroxyl groups excluding tert-OH is 1. The van der Waals surface area contributed by atoms with Crippen LogP contribution in [0.4, 0.5) is 36.4 Å². The van der Waals surface area contributed by atoms with Crippen molar-refractivity contribution in [3.05, 3.63) is 167 Å². The smallest absolute Gasteiger partial charge is 0.416 e. The average Bonchev–Trinajstić information content (AvgIpc) is 3.95. The van der Waals surface area contributed by atoms with Gasteiger partial charge in [-0.2, -0.15) is 26.3 Å². The number of nitrogens with one attached hydrogen (secondary N) is 3. The molecule has 9 aromatic rings. The number of aromatic nitrogens is 2. The number of ether oxygens (including phenoxy) is 2. The topological polar surface area (TPSA) is 167 Å². The fourth-order valence-electron chi connectivity index (χ4n) is 8.28. The van der Waals surface area contributed by atoms with E-state index in [2.05, 4.69) is 31.2 Å². The molecule has 5 N–H and O–H groups in total. The minimum Gasteiger partial charge on any atom is -0.496 e. The van der Waals surface area contributed by atoms with Gasteiger partial charge in [0.2, 0.25) is 5.67 Å². The first kappa shape index (κ1) is 50.3. The van der Waals surface area contributed by atoms with Crippen molar-refractivity contribution in [2.45, 2.75) is 24.4 Å². The molecule has 0 saturated carbocycles. The number of halogens is 10. The molecule has 6 aromatic carbocycles. The molecule has 0 spiro atoms. The molecule has 0 unspecified atom stereocenters. The molecular formula is C50H33BrCl2F7N3O8. The number of aromatic amines is 2. The molecule has 10 rings (SSSR count). The van der Waals surface area contributed by atoms with E-state index in [1.807, 2.05) is 24.3 Å². The molecule has 0 fully saturated rings. The number of methoxy groups -OCH3 is 2. The van der Waals surface area contributed by atoms with Gasteiger partial charge in [0.15, 0.2) is 5.58 Å². The molecule has 1 amide bonds. The van der Waals surface area contributed by atoms with E-state index >= 15 is 4.39 Å². The van der Waals surface area contributed by atoms with Gasteiger partial charge < -0.3 is 39.4 Å². The molecule has 1 atom stereocenters. The number of alkyl halides is 7. The number of rotatable bonds is 7. The monoisotopic (exact) mass is 1090 g/mol. The van der Waals surface area contributed by atoms with Gasteiger partial charge in [0.05, 0.1) is 41.9 Å². The highest BCUT2D eigenvalue weighted by Crippen LogP contribution is 2.49. The van der Waals surface area contributed by atoms with Crippen LogP contribution in [0.25, 0.3) is 55.0 Å². The number of hydrogen-bond donors (Lipinski definition) is 5. The van der Waals surface area contributed by atoms with Crippen molar-refractivity contribution < 1.29 is 64.4 Å². The molecule has 0 aliphatic carbocycles. The van der Waals surface area contributed by atoms with Gasteiger partial charge in [0.1, 0.15) is 17.1 Å². The van der Waals surface area contributed by atoms with Crippen LogP contribution in [0.5, 0.6) is 11.5 Å². The molecule has 0 saturated heterocycles. The zero-order valence-electron chi connectivity index (χ0n) is 36.4. The number of hydrogen-bond acceptors (Lipinski definition) is 7. The summed E-state index contributed by atoms with van der Waals surface area (Å²) in [4.78, 5) is 41.8. The highest BCUT2D eigenvalue weighted by atomic mass is 79.9. The van der Waals surface area contributed by atoms with Gasteiger partial charge in [-0.1, -0.05) is 51.3 Å². The molecule has 3 aromatic heterocycles. The lowest BCUT2D eigenvalue weighted by atomic mass is 9.88. The number of aliphatic hydroxyl groups is 1. The van der Waals surface area contributed by atoms with Gasteiger partial charge in [0.25, 0.3) is 11.5 Å². The molecule has 1 aliphatic rings. The Bertz CT molecular complexity index is 3650. The number of para-hydroxylation sites is 1. The Morgan fingerprint density at radius 3 is 2.07 bits per heavy atom. The van der Waals surface area contributed by atoms with Crippen LogP contribution in [0.1, 0.15) is 38.2 Å². The van der Waals surface area contributed by atoms with Gasteiger partial charge in [-0.25, -0.2) is 9.18 Å². The predicted octanol–water partition coefficient (Wildman–Crippen LogP) is 13.5. The third-order valence-electron chi connectivity index (χ3n) is 11.5. The summed E-state index contributed by atoms with van der Waals surface area (Å²) in [5.41, 5.74) is -1.49. The Balaban J connectivity index is 0.000000144. The van der Waals surface area contributed by atoms with Gasteiger partial charge in [-0.3, -0.25) is 9.59 Å². The highest BCUT2D eigenvalue weighted by Gasteiger charge is 2.51. The van der Waals surface area contributed by atoms with Gasteiger partial charge in [0, 0.05) is 82.7 Å². The molecule has 0 bridgehead atoms. The van der Waals surface area contributed by atoms with Crippen molar-refractivity contribution in [2.75, 3.05) is 26.1 Å². The maximum absolute atomic E-state index is 15.7. The van der Waals surface area contributed by atoms with Crippen molar-refractivity contribution >= 4 is 101 Å². The number of pyridine rings is 1. The fourth-order valence-corrected chi connectivity index (χ4v) is 8.98. The summed E-state index contributed by atoms with van der Waals surface area (Å²) in [5.74, 6) is -1.64. The summed E-state index contributed by atoms with van der Waals surface area (Å²) < 4.78 is 111. The first-order chi connectivity index (χ1) is 33.6. The van der Waals surface area contributed by atoms with Crippen LogP contribution in [0, 0.1) is 0 Å². The Hall–Kier alpha value is -7.06. The molecule has 366 valence electrons. The molecular weight excluding hydrogens is 1050 g/mol. The number of benzene rings is 6. The molecule has 71 heavy (non-hydrogen) atoms. The summed E-state index contributed by atoms with van der Waals surface area (Å²) in [5, 5.41) is 23.2. The average molecular weight is 1090 g/mol. The Morgan fingerprint density at radius 1 is 0.746 bits per heavy atom. The minimum atomic E-state index is -4.60. The van der Waals surface area contributed by atoms with Crippen LogP contribution in [0.3, 0.4) is 0 Å². The van der Waals surface area contributed by atoms with Crippen molar-refractivity contribution in [1.29, 1.82) is 0 Å². The van der Waals surface area contributed by atoms with E-state index in [0.717, 1.165) is 50.6 Å². The quantitative estimate of drug-likeness (QED) is 0.0984. The van der Waals surface area contributed by atoms with E-state index in [1.54, 1.807) is 24.3 Å². The van der Waals surface area contributed by atoms with Crippen LogP contribution in [0.2, 0.25) is 10.0 Å². The van der Waals surface area contributed by atoms with E-state index < -0.39 is 46.6 Å². The normalized spacial score (nSPS) is 14.5. The summed E-state index contributed by atoms with van der Waals surface area (Å²) in [6, 6.07) is 25.1. The first-order valence-electron chi connectivity index (χ1n) is 20.7. The molecule has 0 radical (unpaired) electrons. The summed E-state index contributed by atoms with van der Waals surface area (Å²) in [6.45, 7) is -0.344. The minimum absolute atomic E-state index is 0.0352. The fraction of sp³-hybridized carbons (Fsp3) is 0.140. The second kappa shape index (κ2) is 19.3. The number of carboxylic acid groups (broad SMARTS) is 1. The van der Waals surface area contributed by atoms with Crippen molar-refractivity contribution in [1.82, 2.24) is 9.97 Å². The number of aromatic carboxylic acids is 1. The summed E-state index contributed by atoms with van der Waals surface area (Å²) in [7, 11) is 2.70. The van der Waals surface area contributed by atoms with E-state index in [-0.39, 0.29) is 68.2 Å². The largest absolute Gasteiger partial charge is 0.496 e. The Morgan fingerprint density at radius 2 is 1.41 bits per heavy atom. The van der Waals surface area contributed by atoms with E-state index in [9.17, 15) is 50.9 Å². The zero-order chi connectivity index (χ0) is 51.3. The maximum atomic E-state index is 15.7. The van der Waals surface area contributed by atoms with Gasteiger partial charge in [-0.05, 0) is 97.1 Å². The number of amides is 1. The van der Waals surface area contributed by atoms with Gasteiger partial charge >= 0.3 is 18.3 Å². The third-order valence-corrected chi connectivity index (χ3v) is 12.4. The number of carbonyl (C=O) groups excluding carboxylic acids is 1. The lowest BCUT2D eigenvalue weighted by Gasteiger charge is -2.21. The molecule has 1 aliphatic heterocycles. The van der Waals surface area contributed by atoms with Crippen LogP contribution < -0.4 is 20.3 Å². The van der Waals surface area contributed by atoms with Crippen LogP contribution >= 0.6 is 39.1 Å². The summed E-state index contributed by atoms with van der Waals surface area (Å²) in [6.07, 6.45) is -9.18. The Kier molecular flexibility index (Phi) is 13.7. The third kappa shape index (κ3) is 9.49. The number of carbonyl (C=O) groups is 2. The lowest BCUT2D eigenvalue weighted by molar-refractivity contribution is -0.138. The number of fused-ring (bicyclic) bond motifs is 7.